The van der Waals surface area contributed by atoms with E-state index in [1.807, 2.05) is 6.92 Å². The lowest BCUT2D eigenvalue weighted by atomic mass is 10.2. The fourth-order valence-electron chi connectivity index (χ4n) is 0.973. The molecule has 1 atom stereocenters. The summed E-state index contributed by atoms with van der Waals surface area (Å²) in [4.78, 5) is 19.8. The number of hydrogen-bond donors (Lipinski definition) is 1. The Hall–Kier alpha value is -1.04. The Bertz CT molecular complexity index is 312. The van der Waals surface area contributed by atoms with Crippen LogP contribution in [0.1, 0.15) is 20.8 Å². The molecule has 1 amide bonds. The largest absolute Gasteiger partial charge is 0.433 e. The molecule has 0 aromatic carbocycles. The molecule has 84 valence electrons. The average Bonchev–Trinajstić information content (AvgIpc) is 2.56. The molecule has 15 heavy (non-hydrogen) atoms. The summed E-state index contributed by atoms with van der Waals surface area (Å²) in [6.07, 6.45) is -0.566. The van der Waals surface area contributed by atoms with Crippen molar-refractivity contribution in [1.29, 1.82) is 0 Å². The van der Waals surface area contributed by atoms with E-state index in [9.17, 15) is 4.79 Å². The SMILES string of the molecule is CNC(=O)ON=C1SC(C(C)C)N=C1C. The van der Waals surface area contributed by atoms with Gasteiger partial charge in [0.2, 0.25) is 0 Å². The predicted octanol–water partition coefficient (Wildman–Crippen LogP) is 1.85. The Morgan fingerprint density at radius 2 is 2.33 bits per heavy atom. The molecule has 0 saturated carbocycles. The fourth-order valence-corrected chi connectivity index (χ4v) is 1.99. The molecule has 5 nitrogen and oxygen atoms in total. The van der Waals surface area contributed by atoms with Gasteiger partial charge in [0.1, 0.15) is 5.37 Å². The number of amides is 1. The third-order valence-corrected chi connectivity index (χ3v) is 3.33. The van der Waals surface area contributed by atoms with Crippen LogP contribution in [-0.4, -0.2) is 29.3 Å². The molecular formula is C9H15N3O2S. The fraction of sp³-hybridized carbons (Fsp3) is 0.667. The summed E-state index contributed by atoms with van der Waals surface area (Å²) < 4.78 is 0. The summed E-state index contributed by atoms with van der Waals surface area (Å²) in [5.74, 6) is 0.442. The first kappa shape index (κ1) is 12.0. The molecule has 1 unspecified atom stereocenters. The second kappa shape index (κ2) is 5.16. The van der Waals surface area contributed by atoms with E-state index < -0.39 is 6.09 Å². The monoisotopic (exact) mass is 229 g/mol. The number of nitrogens with one attached hydrogen (secondary N) is 1. The summed E-state index contributed by atoms with van der Waals surface area (Å²) in [6.45, 7) is 6.05. The van der Waals surface area contributed by atoms with Gasteiger partial charge in [-0.05, 0) is 12.8 Å². The number of rotatable bonds is 2. The number of thioether (sulfide) groups is 1. The van der Waals surface area contributed by atoms with E-state index in [0.717, 1.165) is 5.71 Å². The molecule has 0 spiro atoms. The number of oxime groups is 1. The predicted molar refractivity (Wildman–Crippen MR) is 62.3 cm³/mol. The van der Waals surface area contributed by atoms with Crippen LogP contribution in [0, 0.1) is 5.92 Å². The van der Waals surface area contributed by atoms with Gasteiger partial charge >= 0.3 is 6.09 Å². The zero-order valence-corrected chi connectivity index (χ0v) is 10.1. The van der Waals surface area contributed by atoms with Gasteiger partial charge in [-0.15, -0.1) is 0 Å². The summed E-state index contributed by atoms with van der Waals surface area (Å²) in [7, 11) is 1.49. The highest BCUT2D eigenvalue weighted by Crippen LogP contribution is 2.28. The zero-order chi connectivity index (χ0) is 11.4. The topological polar surface area (TPSA) is 63.0 Å². The smallest absolute Gasteiger partial charge is 0.323 e. The minimum atomic E-state index is -0.566. The van der Waals surface area contributed by atoms with Crippen LogP contribution < -0.4 is 5.32 Å². The van der Waals surface area contributed by atoms with Gasteiger partial charge in [0.15, 0.2) is 5.04 Å². The van der Waals surface area contributed by atoms with E-state index in [2.05, 4.69) is 34.1 Å². The minimum Gasteiger partial charge on any atom is -0.323 e. The lowest BCUT2D eigenvalue weighted by molar-refractivity contribution is 0.154. The first-order chi connectivity index (χ1) is 7.04. The van der Waals surface area contributed by atoms with Crippen molar-refractivity contribution in [3.8, 4) is 0 Å². The number of nitrogens with zero attached hydrogens (tertiary/aromatic N) is 2. The summed E-state index contributed by atoms with van der Waals surface area (Å²) in [6, 6.07) is 0. The maximum atomic E-state index is 10.8. The summed E-state index contributed by atoms with van der Waals surface area (Å²) >= 11 is 1.52. The molecule has 0 saturated heterocycles. The van der Waals surface area contributed by atoms with Crippen LogP contribution in [0.3, 0.4) is 0 Å². The van der Waals surface area contributed by atoms with Crippen LogP contribution in [0.5, 0.6) is 0 Å². The van der Waals surface area contributed by atoms with Gasteiger partial charge in [-0.3, -0.25) is 9.83 Å². The van der Waals surface area contributed by atoms with Crippen LogP contribution in [0.2, 0.25) is 0 Å². The first-order valence-electron chi connectivity index (χ1n) is 4.72. The number of hydrogen-bond acceptors (Lipinski definition) is 5. The van der Waals surface area contributed by atoms with Gasteiger partial charge in [-0.2, -0.15) is 0 Å². The van der Waals surface area contributed by atoms with Crippen molar-refractivity contribution in [1.82, 2.24) is 5.32 Å². The van der Waals surface area contributed by atoms with Crippen molar-refractivity contribution in [2.45, 2.75) is 26.1 Å². The zero-order valence-electron chi connectivity index (χ0n) is 9.27. The molecule has 1 rings (SSSR count). The third-order valence-electron chi connectivity index (χ3n) is 1.85. The lowest BCUT2D eigenvalue weighted by Crippen LogP contribution is -2.17. The standard InChI is InChI=1S/C9H15N3O2S/c1-5(2)7-11-6(3)8(15-7)12-14-9(13)10-4/h5,7H,1-4H3,(H,10,13). The third kappa shape index (κ3) is 3.23. The highest BCUT2D eigenvalue weighted by molar-refractivity contribution is 8.16. The Kier molecular flexibility index (Phi) is 4.14. The number of carbonyl (C=O) groups excluding carboxylic acids is 1. The molecule has 1 N–H and O–H groups in total. The average molecular weight is 229 g/mol. The van der Waals surface area contributed by atoms with Crippen LogP contribution in [-0.2, 0) is 4.84 Å². The van der Waals surface area contributed by atoms with Crippen molar-refractivity contribution in [2.75, 3.05) is 7.05 Å². The van der Waals surface area contributed by atoms with Gasteiger partial charge in [0, 0.05) is 7.05 Å². The second-order valence-electron chi connectivity index (χ2n) is 3.49. The minimum absolute atomic E-state index is 0.178. The van der Waals surface area contributed by atoms with E-state index in [1.54, 1.807) is 0 Å². The van der Waals surface area contributed by atoms with Crippen molar-refractivity contribution in [2.24, 2.45) is 16.1 Å². The molecule has 0 aliphatic carbocycles. The van der Waals surface area contributed by atoms with Crippen molar-refractivity contribution in [3.05, 3.63) is 0 Å². The van der Waals surface area contributed by atoms with Crippen molar-refractivity contribution in [3.63, 3.8) is 0 Å². The maximum absolute atomic E-state index is 10.8. The molecule has 0 bridgehead atoms. The molecule has 0 radical (unpaired) electrons. The number of aliphatic imine (C=N–C) groups is 1. The highest BCUT2D eigenvalue weighted by atomic mass is 32.2. The first-order valence-corrected chi connectivity index (χ1v) is 5.60. The molecule has 0 aromatic heterocycles. The molecular weight excluding hydrogens is 214 g/mol. The Labute approximate surface area is 93.3 Å². The van der Waals surface area contributed by atoms with Crippen LogP contribution in [0.25, 0.3) is 0 Å². The molecule has 6 heteroatoms. The second-order valence-corrected chi connectivity index (χ2v) is 4.60. The van der Waals surface area contributed by atoms with Gasteiger partial charge in [-0.1, -0.05) is 30.8 Å². The van der Waals surface area contributed by atoms with Crippen LogP contribution in [0.15, 0.2) is 10.1 Å². The Morgan fingerprint density at radius 1 is 1.67 bits per heavy atom. The van der Waals surface area contributed by atoms with Gasteiger partial charge in [0.25, 0.3) is 0 Å². The van der Waals surface area contributed by atoms with Gasteiger partial charge in [0.05, 0.1) is 5.71 Å². The van der Waals surface area contributed by atoms with Gasteiger partial charge in [-0.25, -0.2) is 4.79 Å². The van der Waals surface area contributed by atoms with E-state index >= 15 is 0 Å². The Morgan fingerprint density at radius 3 is 2.80 bits per heavy atom. The lowest BCUT2D eigenvalue weighted by Gasteiger charge is -2.08. The molecule has 1 heterocycles. The van der Waals surface area contributed by atoms with E-state index in [1.165, 1.54) is 18.8 Å². The van der Waals surface area contributed by atoms with Gasteiger partial charge < -0.3 is 5.32 Å². The summed E-state index contributed by atoms with van der Waals surface area (Å²) in [5, 5.41) is 6.92. The van der Waals surface area contributed by atoms with E-state index in [0.29, 0.717) is 11.0 Å². The normalized spacial score (nSPS) is 23.1. The molecule has 0 aromatic rings. The molecule has 1 aliphatic rings. The maximum Gasteiger partial charge on any atom is 0.433 e. The van der Waals surface area contributed by atoms with Crippen LogP contribution in [0.4, 0.5) is 4.79 Å². The van der Waals surface area contributed by atoms with Crippen molar-refractivity contribution >= 4 is 28.6 Å². The highest BCUT2D eigenvalue weighted by Gasteiger charge is 2.25. The van der Waals surface area contributed by atoms with Crippen molar-refractivity contribution < 1.29 is 9.63 Å². The Balaban J connectivity index is 2.60. The summed E-state index contributed by atoms with van der Waals surface area (Å²) in [5.41, 5.74) is 0.822. The molecule has 0 fully saturated rings. The quantitative estimate of drug-likeness (QED) is 0.580. The van der Waals surface area contributed by atoms with Crippen LogP contribution >= 0.6 is 11.8 Å². The molecule has 1 aliphatic heterocycles. The number of carbonyl (C=O) groups is 1. The van der Waals surface area contributed by atoms with E-state index in [4.69, 9.17) is 0 Å². The van der Waals surface area contributed by atoms with E-state index in [-0.39, 0.29) is 5.37 Å².